The number of benzene rings is 1. The van der Waals surface area contributed by atoms with Gasteiger partial charge in [-0.2, -0.15) is 13.2 Å². The van der Waals surface area contributed by atoms with Crippen LogP contribution in [0, 0.1) is 0 Å². The lowest BCUT2D eigenvalue weighted by atomic mass is 9.97. The number of phenolic OH excluding ortho intramolecular Hbond substituents is 1. The van der Waals surface area contributed by atoms with Crippen LogP contribution in [0.15, 0.2) is 18.2 Å². The third kappa shape index (κ3) is 5.77. The molecule has 2 N–H and O–H groups in total. The van der Waals surface area contributed by atoms with Gasteiger partial charge in [-0.1, -0.05) is 0 Å². The number of carbonyl (C=O) groups excluding carboxylic acids is 1. The molecule has 1 aromatic carbocycles. The topological polar surface area (TPSA) is 96.8 Å². The van der Waals surface area contributed by atoms with Crippen LogP contribution < -0.4 is 5.32 Å². The van der Waals surface area contributed by atoms with Crippen LogP contribution in [0.5, 0.6) is 5.75 Å². The number of fused-ring (bicyclic) bond motifs is 1. The molecule has 35 heavy (non-hydrogen) atoms. The first-order valence-corrected chi connectivity index (χ1v) is 11.5. The third-order valence-electron chi connectivity index (χ3n) is 5.92. The molecule has 0 bridgehead atoms. The number of nitrogens with one attached hydrogen (secondary N) is 1. The predicted molar refractivity (Wildman–Crippen MR) is 122 cm³/mol. The number of alkyl halides is 3. The number of amides is 1. The van der Waals surface area contributed by atoms with E-state index in [4.69, 9.17) is 9.47 Å². The minimum atomic E-state index is -4.56. The SMILES string of the molecule is CC(C)(C)OC(=O)N1CCC[C@@H](Nc2nnc(-c3ccc(C(F)(F)F)cc3O)c3c2CCOC3)C1. The molecule has 0 unspecified atom stereocenters. The van der Waals surface area contributed by atoms with E-state index in [0.717, 1.165) is 24.5 Å². The summed E-state index contributed by atoms with van der Waals surface area (Å²) in [6, 6.07) is 2.73. The number of aromatic hydroxyl groups is 1. The van der Waals surface area contributed by atoms with Crippen molar-refractivity contribution >= 4 is 11.9 Å². The summed E-state index contributed by atoms with van der Waals surface area (Å²) in [6.07, 6.45) is -2.77. The molecule has 0 aliphatic carbocycles. The van der Waals surface area contributed by atoms with Gasteiger partial charge in [-0.3, -0.25) is 0 Å². The second-order valence-electron chi connectivity index (χ2n) is 9.80. The molecule has 8 nitrogen and oxygen atoms in total. The van der Waals surface area contributed by atoms with Gasteiger partial charge in [0.25, 0.3) is 0 Å². The molecule has 0 radical (unpaired) electrons. The van der Waals surface area contributed by atoms with Gasteiger partial charge in [-0.05, 0) is 58.2 Å². The molecular formula is C24H29F3N4O4. The lowest BCUT2D eigenvalue weighted by Gasteiger charge is -2.35. The van der Waals surface area contributed by atoms with Crippen LogP contribution in [0.4, 0.5) is 23.8 Å². The predicted octanol–water partition coefficient (Wildman–Crippen LogP) is 4.75. The Hall–Kier alpha value is -3.08. The summed E-state index contributed by atoms with van der Waals surface area (Å²) >= 11 is 0. The van der Waals surface area contributed by atoms with Crippen LogP contribution >= 0.6 is 0 Å². The van der Waals surface area contributed by atoms with E-state index in [2.05, 4.69) is 15.5 Å². The molecule has 190 valence electrons. The highest BCUT2D eigenvalue weighted by Gasteiger charge is 2.33. The second kappa shape index (κ2) is 9.52. The quantitative estimate of drug-likeness (QED) is 0.636. The summed E-state index contributed by atoms with van der Waals surface area (Å²) in [5, 5.41) is 22.3. The maximum atomic E-state index is 13.0. The molecule has 2 aromatic rings. The monoisotopic (exact) mass is 494 g/mol. The van der Waals surface area contributed by atoms with Crippen molar-refractivity contribution in [3.05, 3.63) is 34.9 Å². The van der Waals surface area contributed by atoms with Crippen molar-refractivity contribution in [1.82, 2.24) is 15.1 Å². The number of hydrogen-bond acceptors (Lipinski definition) is 7. The smallest absolute Gasteiger partial charge is 0.416 e. The van der Waals surface area contributed by atoms with Crippen LogP contribution in [0.1, 0.15) is 50.3 Å². The highest BCUT2D eigenvalue weighted by atomic mass is 19.4. The Bertz CT molecular complexity index is 1100. The van der Waals surface area contributed by atoms with Crippen LogP contribution in [-0.2, 0) is 28.7 Å². The van der Waals surface area contributed by atoms with Crippen LogP contribution in [0.2, 0.25) is 0 Å². The molecule has 3 heterocycles. The highest BCUT2D eigenvalue weighted by molar-refractivity contribution is 5.73. The molecule has 1 saturated heterocycles. The van der Waals surface area contributed by atoms with Gasteiger partial charge in [-0.25, -0.2) is 4.79 Å². The zero-order chi connectivity index (χ0) is 25.4. The number of nitrogens with zero attached hydrogens (tertiary/aromatic N) is 3. The van der Waals surface area contributed by atoms with E-state index >= 15 is 0 Å². The fraction of sp³-hybridized carbons (Fsp3) is 0.542. The van der Waals surface area contributed by atoms with Gasteiger partial charge in [-0.15, -0.1) is 10.2 Å². The Kier molecular flexibility index (Phi) is 6.81. The van der Waals surface area contributed by atoms with Crippen molar-refractivity contribution in [3.63, 3.8) is 0 Å². The van der Waals surface area contributed by atoms with Crippen molar-refractivity contribution in [1.29, 1.82) is 0 Å². The van der Waals surface area contributed by atoms with Crippen LogP contribution in [0.3, 0.4) is 0 Å². The Morgan fingerprint density at radius 1 is 1.23 bits per heavy atom. The summed E-state index contributed by atoms with van der Waals surface area (Å²) in [5.74, 6) is 0.0254. The average molecular weight is 495 g/mol. The van der Waals surface area contributed by atoms with Gasteiger partial charge < -0.3 is 24.8 Å². The number of phenols is 1. The molecule has 1 aromatic heterocycles. The first-order chi connectivity index (χ1) is 16.4. The third-order valence-corrected chi connectivity index (χ3v) is 5.92. The van der Waals surface area contributed by atoms with E-state index < -0.39 is 23.1 Å². The maximum Gasteiger partial charge on any atom is 0.416 e. The fourth-order valence-corrected chi connectivity index (χ4v) is 4.30. The van der Waals surface area contributed by atoms with E-state index in [0.29, 0.717) is 43.6 Å². The number of anilines is 1. The lowest BCUT2D eigenvalue weighted by molar-refractivity contribution is -0.137. The largest absolute Gasteiger partial charge is 0.507 e. The minimum absolute atomic E-state index is 0.0668. The van der Waals surface area contributed by atoms with Crippen LogP contribution in [0.25, 0.3) is 11.3 Å². The van der Waals surface area contributed by atoms with Gasteiger partial charge in [0.1, 0.15) is 17.0 Å². The average Bonchev–Trinajstić information content (AvgIpc) is 2.78. The number of carbonyl (C=O) groups is 1. The number of hydrogen-bond donors (Lipinski definition) is 2. The molecule has 1 atom stereocenters. The summed E-state index contributed by atoms with van der Waals surface area (Å²) in [7, 11) is 0. The number of halogens is 3. The Labute approximate surface area is 201 Å². The molecule has 4 rings (SSSR count). The Balaban J connectivity index is 1.58. The normalized spacial score (nSPS) is 18.7. The molecule has 1 fully saturated rings. The van der Waals surface area contributed by atoms with Crippen molar-refractivity contribution in [2.24, 2.45) is 0 Å². The first-order valence-electron chi connectivity index (χ1n) is 11.5. The van der Waals surface area contributed by atoms with Gasteiger partial charge >= 0.3 is 12.3 Å². The van der Waals surface area contributed by atoms with Gasteiger partial charge in [0.2, 0.25) is 0 Å². The Morgan fingerprint density at radius 2 is 2.00 bits per heavy atom. The fourth-order valence-electron chi connectivity index (χ4n) is 4.30. The number of aromatic nitrogens is 2. The van der Waals surface area contributed by atoms with E-state index in [1.165, 1.54) is 6.07 Å². The molecule has 2 aliphatic rings. The van der Waals surface area contributed by atoms with Gasteiger partial charge in [0.05, 0.1) is 18.8 Å². The zero-order valence-corrected chi connectivity index (χ0v) is 19.9. The molecule has 1 amide bonds. The zero-order valence-electron chi connectivity index (χ0n) is 19.9. The van der Waals surface area contributed by atoms with Crippen LogP contribution in [-0.4, -0.2) is 57.6 Å². The van der Waals surface area contributed by atoms with E-state index in [9.17, 15) is 23.1 Å². The maximum absolute atomic E-state index is 13.0. The number of piperidine rings is 1. The summed E-state index contributed by atoms with van der Waals surface area (Å²) in [5.41, 5.74) is 0.436. The lowest BCUT2D eigenvalue weighted by Crippen LogP contribution is -2.47. The summed E-state index contributed by atoms with van der Waals surface area (Å²) in [4.78, 5) is 14.2. The van der Waals surface area contributed by atoms with Gasteiger partial charge in [0, 0.05) is 35.8 Å². The van der Waals surface area contributed by atoms with E-state index in [-0.39, 0.29) is 30.0 Å². The van der Waals surface area contributed by atoms with E-state index in [1.807, 2.05) is 20.8 Å². The summed E-state index contributed by atoms with van der Waals surface area (Å²) < 4.78 is 50.1. The van der Waals surface area contributed by atoms with Gasteiger partial charge in [0.15, 0.2) is 5.82 Å². The van der Waals surface area contributed by atoms with Crippen molar-refractivity contribution in [3.8, 4) is 17.0 Å². The van der Waals surface area contributed by atoms with Crippen molar-refractivity contribution < 1.29 is 32.5 Å². The number of likely N-dealkylation sites (tertiary alicyclic amines) is 1. The van der Waals surface area contributed by atoms with Crippen molar-refractivity contribution in [2.75, 3.05) is 25.0 Å². The molecule has 11 heteroatoms. The molecule has 0 saturated carbocycles. The standard InChI is InChI=1S/C24H29F3N4O4/c1-23(2,3)35-22(33)31-9-4-5-15(12-31)28-21-16-8-10-34-13-18(16)20(29-30-21)17-7-6-14(11-19(17)32)24(25,26)27/h6-7,11,15,32H,4-5,8-10,12-13H2,1-3H3,(H,28,30)/t15-/m1/s1. The Morgan fingerprint density at radius 3 is 2.69 bits per heavy atom. The molecule has 2 aliphatic heterocycles. The van der Waals surface area contributed by atoms with E-state index in [1.54, 1.807) is 4.90 Å². The number of ether oxygens (including phenoxy) is 2. The van der Waals surface area contributed by atoms with Crippen molar-refractivity contribution in [2.45, 2.75) is 64.5 Å². The molecular weight excluding hydrogens is 465 g/mol. The molecule has 0 spiro atoms. The summed E-state index contributed by atoms with van der Waals surface area (Å²) in [6.45, 7) is 7.18. The first kappa shape index (κ1) is 25.0. The highest BCUT2D eigenvalue weighted by Crippen LogP contribution is 2.39. The number of rotatable bonds is 3. The second-order valence-corrected chi connectivity index (χ2v) is 9.80. The minimum Gasteiger partial charge on any atom is -0.507 e.